The molecule has 0 aromatic rings. The Balaban J connectivity index is 1.14. The Morgan fingerprint density at radius 1 is 0.700 bits per heavy atom. The molecule has 0 amide bonds. The van der Waals surface area contributed by atoms with Gasteiger partial charge >= 0.3 is 5.97 Å². The molecule has 3 aliphatic carbocycles. The normalized spacial score (nSPS) is 39.1. The standard InChI is InChI=1S/C26H42O4/c1-28-26(27)24-14-12-23(13-15-24)22-10-8-21(9-11-22)20-6-3-19(4-7-20)5-16-25-29-17-2-18-30-25/h5,16,19-25H,2-4,6-15,17-18H2,1H3/t19?,20?,21-,22-,23-,24-. The van der Waals surface area contributed by atoms with Crippen LogP contribution in [-0.2, 0) is 19.0 Å². The lowest BCUT2D eigenvalue weighted by Gasteiger charge is -2.41. The van der Waals surface area contributed by atoms with Crippen LogP contribution in [0.5, 0.6) is 0 Å². The van der Waals surface area contributed by atoms with Gasteiger partial charge in [0, 0.05) is 0 Å². The summed E-state index contributed by atoms with van der Waals surface area (Å²) in [7, 11) is 1.53. The molecule has 1 saturated heterocycles. The van der Waals surface area contributed by atoms with Crippen molar-refractivity contribution in [2.45, 2.75) is 89.8 Å². The Hall–Kier alpha value is -0.870. The number of hydrogen-bond donors (Lipinski definition) is 0. The van der Waals surface area contributed by atoms with Gasteiger partial charge in [-0.1, -0.05) is 6.08 Å². The van der Waals surface area contributed by atoms with Crippen LogP contribution in [-0.4, -0.2) is 32.6 Å². The Labute approximate surface area is 183 Å². The lowest BCUT2D eigenvalue weighted by atomic mass is 9.65. The maximum absolute atomic E-state index is 11.8. The zero-order valence-corrected chi connectivity index (χ0v) is 18.9. The van der Waals surface area contributed by atoms with Gasteiger partial charge in [0.25, 0.3) is 0 Å². The predicted octanol–water partition coefficient (Wildman–Crippen LogP) is 5.90. The van der Waals surface area contributed by atoms with Crippen LogP contribution in [0.1, 0.15) is 83.5 Å². The van der Waals surface area contributed by atoms with Gasteiger partial charge in [0.1, 0.15) is 0 Å². The molecule has 0 aromatic heterocycles. The molecule has 0 radical (unpaired) electrons. The van der Waals surface area contributed by atoms with Crippen molar-refractivity contribution in [3.8, 4) is 0 Å². The molecule has 170 valence electrons. The third-order valence-electron chi connectivity index (χ3n) is 8.67. The summed E-state index contributed by atoms with van der Waals surface area (Å²) in [4.78, 5) is 11.8. The number of methoxy groups -OCH3 is 1. The van der Waals surface area contributed by atoms with Gasteiger partial charge in [0.05, 0.1) is 26.2 Å². The van der Waals surface area contributed by atoms with Gasteiger partial charge in [-0.25, -0.2) is 0 Å². The summed E-state index contributed by atoms with van der Waals surface area (Å²) in [6.07, 6.45) is 21.2. The maximum atomic E-state index is 11.8. The summed E-state index contributed by atoms with van der Waals surface area (Å²) in [5.74, 6) is 4.59. The number of ether oxygens (including phenoxy) is 3. The molecule has 1 heterocycles. The molecule has 3 saturated carbocycles. The number of esters is 1. The van der Waals surface area contributed by atoms with Crippen LogP contribution >= 0.6 is 0 Å². The Bertz CT molecular complexity index is 543. The molecule has 4 fully saturated rings. The lowest BCUT2D eigenvalue weighted by Crippen LogP contribution is -2.31. The molecular formula is C26H42O4. The number of rotatable bonds is 5. The van der Waals surface area contributed by atoms with E-state index in [0.717, 1.165) is 62.1 Å². The van der Waals surface area contributed by atoms with Crippen molar-refractivity contribution in [3.63, 3.8) is 0 Å². The van der Waals surface area contributed by atoms with Crippen molar-refractivity contribution >= 4 is 5.97 Å². The molecule has 0 spiro atoms. The first-order chi connectivity index (χ1) is 14.7. The van der Waals surface area contributed by atoms with Crippen LogP contribution in [0.25, 0.3) is 0 Å². The smallest absolute Gasteiger partial charge is 0.308 e. The van der Waals surface area contributed by atoms with Crippen LogP contribution in [0.2, 0.25) is 0 Å². The summed E-state index contributed by atoms with van der Waals surface area (Å²) in [5.41, 5.74) is 0. The van der Waals surface area contributed by atoms with Crippen LogP contribution in [0.15, 0.2) is 12.2 Å². The molecule has 0 atom stereocenters. The van der Waals surface area contributed by atoms with E-state index in [1.807, 2.05) is 0 Å². The summed E-state index contributed by atoms with van der Waals surface area (Å²) in [6, 6.07) is 0. The highest BCUT2D eigenvalue weighted by atomic mass is 16.7. The average molecular weight is 419 g/mol. The predicted molar refractivity (Wildman–Crippen MR) is 118 cm³/mol. The van der Waals surface area contributed by atoms with E-state index >= 15 is 0 Å². The molecule has 4 aliphatic rings. The van der Waals surface area contributed by atoms with E-state index in [2.05, 4.69) is 12.2 Å². The molecule has 0 unspecified atom stereocenters. The van der Waals surface area contributed by atoms with Gasteiger partial charge in [0.2, 0.25) is 0 Å². The molecular weight excluding hydrogens is 376 g/mol. The van der Waals surface area contributed by atoms with Crippen molar-refractivity contribution < 1.29 is 19.0 Å². The van der Waals surface area contributed by atoms with E-state index in [9.17, 15) is 4.79 Å². The number of carbonyl (C=O) groups excluding carboxylic acids is 1. The van der Waals surface area contributed by atoms with Crippen molar-refractivity contribution in [1.29, 1.82) is 0 Å². The third kappa shape index (κ3) is 5.88. The van der Waals surface area contributed by atoms with Crippen molar-refractivity contribution in [3.05, 3.63) is 12.2 Å². The van der Waals surface area contributed by atoms with Crippen molar-refractivity contribution in [2.24, 2.45) is 35.5 Å². The molecule has 4 nitrogen and oxygen atoms in total. The fourth-order valence-electron chi connectivity index (χ4n) is 6.75. The second kappa shape index (κ2) is 11.1. The van der Waals surface area contributed by atoms with Gasteiger partial charge in [-0.05, 0) is 119 Å². The van der Waals surface area contributed by atoms with Gasteiger partial charge in [0.15, 0.2) is 6.29 Å². The van der Waals surface area contributed by atoms with Crippen molar-refractivity contribution in [2.75, 3.05) is 20.3 Å². The Morgan fingerprint density at radius 3 is 1.67 bits per heavy atom. The molecule has 0 aromatic carbocycles. The molecule has 30 heavy (non-hydrogen) atoms. The molecule has 0 bridgehead atoms. The second-order valence-corrected chi connectivity index (χ2v) is 10.3. The van der Waals surface area contributed by atoms with Crippen LogP contribution < -0.4 is 0 Å². The lowest BCUT2D eigenvalue weighted by molar-refractivity contribution is -0.150. The first-order valence-corrected chi connectivity index (χ1v) is 12.7. The maximum Gasteiger partial charge on any atom is 0.308 e. The Kier molecular flexibility index (Phi) is 8.28. The van der Waals surface area contributed by atoms with Crippen LogP contribution in [0, 0.1) is 35.5 Å². The minimum atomic E-state index is -0.102. The van der Waals surface area contributed by atoms with Gasteiger partial charge in [-0.3, -0.25) is 4.79 Å². The van der Waals surface area contributed by atoms with E-state index in [1.165, 1.54) is 71.3 Å². The fraction of sp³-hybridized carbons (Fsp3) is 0.885. The third-order valence-corrected chi connectivity index (χ3v) is 8.67. The monoisotopic (exact) mass is 418 g/mol. The number of hydrogen-bond acceptors (Lipinski definition) is 4. The van der Waals surface area contributed by atoms with Crippen LogP contribution in [0.4, 0.5) is 0 Å². The van der Waals surface area contributed by atoms with Gasteiger partial charge in [-0.2, -0.15) is 0 Å². The number of allylic oxidation sites excluding steroid dienone is 1. The van der Waals surface area contributed by atoms with Gasteiger partial charge < -0.3 is 14.2 Å². The summed E-state index contributed by atoms with van der Waals surface area (Å²) >= 11 is 0. The molecule has 0 N–H and O–H groups in total. The molecule has 4 rings (SSSR count). The SMILES string of the molecule is COC(=O)[C@H]1CC[C@H]([C@H]2CC[C@H](C3CCC(C=CC4OCCCO4)CC3)CC2)CC1. The summed E-state index contributed by atoms with van der Waals surface area (Å²) < 4.78 is 16.2. The topological polar surface area (TPSA) is 44.8 Å². The second-order valence-electron chi connectivity index (χ2n) is 10.3. The minimum absolute atomic E-state index is 0.0152. The van der Waals surface area contributed by atoms with E-state index in [-0.39, 0.29) is 18.2 Å². The van der Waals surface area contributed by atoms with E-state index < -0.39 is 0 Å². The first-order valence-electron chi connectivity index (χ1n) is 12.7. The summed E-state index contributed by atoms with van der Waals surface area (Å²) in [6.45, 7) is 1.66. The zero-order valence-electron chi connectivity index (χ0n) is 18.9. The van der Waals surface area contributed by atoms with E-state index in [4.69, 9.17) is 14.2 Å². The fourth-order valence-corrected chi connectivity index (χ4v) is 6.75. The van der Waals surface area contributed by atoms with E-state index in [1.54, 1.807) is 0 Å². The average Bonchev–Trinajstić information content (AvgIpc) is 2.83. The number of carbonyl (C=O) groups is 1. The van der Waals surface area contributed by atoms with Crippen molar-refractivity contribution in [1.82, 2.24) is 0 Å². The zero-order chi connectivity index (χ0) is 20.8. The van der Waals surface area contributed by atoms with E-state index in [0.29, 0.717) is 0 Å². The largest absolute Gasteiger partial charge is 0.469 e. The quantitative estimate of drug-likeness (QED) is 0.412. The first kappa shape index (κ1) is 22.3. The highest BCUT2D eigenvalue weighted by molar-refractivity contribution is 5.72. The van der Waals surface area contributed by atoms with Gasteiger partial charge in [-0.15, -0.1) is 0 Å². The summed E-state index contributed by atoms with van der Waals surface area (Å²) in [5, 5.41) is 0. The Morgan fingerprint density at radius 2 is 1.17 bits per heavy atom. The minimum Gasteiger partial charge on any atom is -0.469 e. The molecule has 1 aliphatic heterocycles. The highest BCUT2D eigenvalue weighted by Crippen LogP contribution is 2.46. The molecule has 4 heteroatoms. The highest BCUT2D eigenvalue weighted by Gasteiger charge is 2.35. The van der Waals surface area contributed by atoms with Crippen LogP contribution in [0.3, 0.4) is 0 Å².